The molecule has 2 amide bonds. The molecule has 0 atom stereocenters. The van der Waals surface area contributed by atoms with Gasteiger partial charge in [0, 0.05) is 12.1 Å². The first-order valence-electron chi connectivity index (χ1n) is 13.4. The molecular formula is C26H44N2O4. The van der Waals surface area contributed by atoms with E-state index >= 15 is 0 Å². The number of hydrogen-bond donors (Lipinski definition) is 2. The Balaban J connectivity index is 1.07. The minimum atomic E-state index is -0.256. The first-order chi connectivity index (χ1) is 15.6. The van der Waals surface area contributed by atoms with Crippen LogP contribution in [0.15, 0.2) is 0 Å². The molecule has 5 saturated carbocycles. The van der Waals surface area contributed by atoms with E-state index in [9.17, 15) is 9.59 Å². The highest BCUT2D eigenvalue weighted by atomic mass is 16.5. The summed E-state index contributed by atoms with van der Waals surface area (Å²) in [7, 11) is 0. The molecule has 0 heterocycles. The molecule has 6 nitrogen and oxygen atoms in total. The number of hydrogen-bond acceptors (Lipinski definition) is 4. The summed E-state index contributed by atoms with van der Waals surface area (Å²) >= 11 is 0. The molecule has 0 aromatic rings. The predicted molar refractivity (Wildman–Crippen MR) is 124 cm³/mol. The minimum absolute atomic E-state index is 0.0200. The Morgan fingerprint density at radius 1 is 0.719 bits per heavy atom. The molecule has 5 aliphatic rings. The largest absolute Gasteiger partial charge is 0.376 e. The molecule has 0 spiro atoms. The molecule has 5 fully saturated rings. The zero-order valence-electron chi connectivity index (χ0n) is 19.9. The molecule has 0 unspecified atom stereocenters. The number of rotatable bonds is 9. The van der Waals surface area contributed by atoms with E-state index in [0.29, 0.717) is 19.3 Å². The molecule has 5 aliphatic carbocycles. The van der Waals surface area contributed by atoms with Crippen molar-refractivity contribution in [2.24, 2.45) is 5.41 Å². The van der Waals surface area contributed by atoms with Gasteiger partial charge in [0.2, 0.25) is 11.8 Å². The maximum absolute atomic E-state index is 12.7. The van der Waals surface area contributed by atoms with Crippen LogP contribution < -0.4 is 10.6 Å². The molecule has 2 bridgehead atoms. The van der Waals surface area contributed by atoms with Gasteiger partial charge in [-0.1, -0.05) is 64.2 Å². The van der Waals surface area contributed by atoms with Crippen LogP contribution in [0.3, 0.4) is 0 Å². The second-order valence-corrected chi connectivity index (χ2v) is 11.0. The average Bonchev–Trinajstić information content (AvgIpc) is 2.67. The summed E-state index contributed by atoms with van der Waals surface area (Å²) in [4.78, 5) is 25.1. The highest BCUT2D eigenvalue weighted by molar-refractivity contribution is 5.88. The van der Waals surface area contributed by atoms with Crippen molar-refractivity contribution in [3.8, 4) is 0 Å². The summed E-state index contributed by atoms with van der Waals surface area (Å²) in [5.74, 6) is 0.119. The van der Waals surface area contributed by atoms with E-state index in [1.54, 1.807) is 0 Å². The zero-order chi connectivity index (χ0) is 22.3. The van der Waals surface area contributed by atoms with Gasteiger partial charge in [-0.2, -0.15) is 0 Å². The monoisotopic (exact) mass is 448 g/mol. The Morgan fingerprint density at radius 3 is 1.78 bits per heavy atom. The minimum Gasteiger partial charge on any atom is -0.376 e. The standard InChI is InChI=1S/C26H44N2O4/c29-23(17-32-22-13-9-5-2-6-10-14-22)28-26-18-25(19-26,20-26)24(30)27-15-16-31-21-11-7-3-1-4-8-12-21/h21-22H,1-20H2,(H,27,30)(H,28,29). The highest BCUT2D eigenvalue weighted by Crippen LogP contribution is 2.67. The first kappa shape index (κ1) is 24.0. The molecule has 32 heavy (non-hydrogen) atoms. The third-order valence-electron chi connectivity index (χ3n) is 8.21. The molecule has 2 N–H and O–H groups in total. The normalized spacial score (nSPS) is 31.8. The number of ether oxygens (including phenoxy) is 2. The average molecular weight is 449 g/mol. The third kappa shape index (κ3) is 6.25. The van der Waals surface area contributed by atoms with Crippen LogP contribution in [0.25, 0.3) is 0 Å². The van der Waals surface area contributed by atoms with Crippen molar-refractivity contribution >= 4 is 11.8 Å². The molecule has 0 saturated heterocycles. The maximum atomic E-state index is 12.7. The Bertz CT molecular complexity index is 602. The van der Waals surface area contributed by atoms with Gasteiger partial charge in [-0.3, -0.25) is 9.59 Å². The fourth-order valence-electron chi connectivity index (χ4n) is 6.44. The SMILES string of the molecule is O=C(COC1CCCCCCC1)NC12CC(C(=O)NCCOC3CCCCCCC3)(C1)C2. The van der Waals surface area contributed by atoms with E-state index in [1.807, 2.05) is 0 Å². The Kier molecular flexibility index (Phi) is 8.49. The molecule has 5 rings (SSSR count). The zero-order valence-corrected chi connectivity index (χ0v) is 19.9. The topological polar surface area (TPSA) is 76.7 Å². The molecule has 182 valence electrons. The molecule has 6 heteroatoms. The Morgan fingerprint density at radius 2 is 1.22 bits per heavy atom. The Labute approximate surface area is 193 Å². The summed E-state index contributed by atoms with van der Waals surface area (Å²) in [6, 6.07) is 0. The second kappa shape index (κ2) is 11.3. The molecule has 0 radical (unpaired) electrons. The van der Waals surface area contributed by atoms with Gasteiger partial charge in [0.25, 0.3) is 0 Å². The lowest BCUT2D eigenvalue weighted by atomic mass is 9.39. The van der Waals surface area contributed by atoms with Crippen molar-refractivity contribution in [2.75, 3.05) is 19.8 Å². The Hall–Kier alpha value is -1.14. The lowest BCUT2D eigenvalue weighted by Gasteiger charge is -2.69. The van der Waals surface area contributed by atoms with Crippen LogP contribution in [0.2, 0.25) is 0 Å². The number of carbonyl (C=O) groups is 2. The number of carbonyl (C=O) groups excluding carboxylic acids is 2. The van der Waals surface area contributed by atoms with Crippen molar-refractivity contribution in [1.82, 2.24) is 10.6 Å². The maximum Gasteiger partial charge on any atom is 0.246 e. The highest BCUT2D eigenvalue weighted by Gasteiger charge is 2.72. The molecular weight excluding hydrogens is 404 g/mol. The van der Waals surface area contributed by atoms with Gasteiger partial charge in [-0.25, -0.2) is 0 Å². The fraction of sp³-hybridized carbons (Fsp3) is 0.923. The van der Waals surface area contributed by atoms with Crippen LogP contribution >= 0.6 is 0 Å². The van der Waals surface area contributed by atoms with Crippen LogP contribution in [0, 0.1) is 5.41 Å². The van der Waals surface area contributed by atoms with E-state index in [2.05, 4.69) is 10.6 Å². The summed E-state index contributed by atoms with van der Waals surface area (Å²) in [6.45, 7) is 1.35. The quantitative estimate of drug-likeness (QED) is 0.513. The van der Waals surface area contributed by atoms with Crippen molar-refractivity contribution in [3.63, 3.8) is 0 Å². The lowest BCUT2D eigenvalue weighted by Crippen LogP contribution is -2.78. The third-order valence-corrected chi connectivity index (χ3v) is 8.21. The van der Waals surface area contributed by atoms with E-state index in [0.717, 1.165) is 44.9 Å². The fourth-order valence-corrected chi connectivity index (χ4v) is 6.44. The second-order valence-electron chi connectivity index (χ2n) is 11.0. The van der Waals surface area contributed by atoms with Gasteiger partial charge in [0.15, 0.2) is 0 Å². The van der Waals surface area contributed by atoms with Crippen LogP contribution in [0.5, 0.6) is 0 Å². The van der Waals surface area contributed by atoms with Crippen molar-refractivity contribution in [1.29, 1.82) is 0 Å². The predicted octanol–water partition coefficient (Wildman–Crippen LogP) is 4.40. The number of amides is 2. The molecule has 0 aromatic heterocycles. The van der Waals surface area contributed by atoms with Crippen molar-refractivity contribution in [2.45, 2.75) is 127 Å². The van der Waals surface area contributed by atoms with Gasteiger partial charge < -0.3 is 20.1 Å². The molecule has 0 aliphatic heterocycles. The van der Waals surface area contributed by atoms with Gasteiger partial charge in [-0.05, 0) is 44.9 Å². The van der Waals surface area contributed by atoms with Crippen molar-refractivity contribution in [3.05, 3.63) is 0 Å². The van der Waals surface area contributed by atoms with E-state index in [1.165, 1.54) is 64.2 Å². The number of nitrogens with one attached hydrogen (secondary N) is 2. The van der Waals surface area contributed by atoms with Crippen LogP contribution in [-0.4, -0.2) is 49.3 Å². The van der Waals surface area contributed by atoms with Gasteiger partial charge in [0.05, 0.1) is 24.2 Å². The smallest absolute Gasteiger partial charge is 0.246 e. The van der Waals surface area contributed by atoms with Crippen LogP contribution in [0.4, 0.5) is 0 Å². The summed E-state index contributed by atoms with van der Waals surface area (Å²) < 4.78 is 11.9. The van der Waals surface area contributed by atoms with Gasteiger partial charge >= 0.3 is 0 Å². The van der Waals surface area contributed by atoms with E-state index in [4.69, 9.17) is 9.47 Å². The van der Waals surface area contributed by atoms with E-state index in [-0.39, 0.29) is 35.5 Å². The lowest BCUT2D eigenvalue weighted by molar-refractivity contribution is -0.184. The summed E-state index contributed by atoms with van der Waals surface area (Å²) in [6.07, 6.45) is 20.2. The van der Waals surface area contributed by atoms with Crippen LogP contribution in [0.1, 0.15) is 109 Å². The van der Waals surface area contributed by atoms with E-state index < -0.39 is 0 Å². The van der Waals surface area contributed by atoms with Gasteiger partial charge in [-0.15, -0.1) is 0 Å². The van der Waals surface area contributed by atoms with Crippen LogP contribution in [-0.2, 0) is 19.1 Å². The molecule has 0 aromatic carbocycles. The first-order valence-corrected chi connectivity index (χ1v) is 13.4. The summed E-state index contributed by atoms with van der Waals surface area (Å²) in [5.41, 5.74) is -0.415. The van der Waals surface area contributed by atoms with Crippen molar-refractivity contribution < 1.29 is 19.1 Å². The van der Waals surface area contributed by atoms with Gasteiger partial charge in [0.1, 0.15) is 6.61 Å². The summed E-state index contributed by atoms with van der Waals surface area (Å²) in [5, 5.41) is 6.24.